The van der Waals surface area contributed by atoms with Crippen LogP contribution in [0.2, 0.25) is 0 Å². The highest BCUT2D eigenvalue weighted by Crippen LogP contribution is 2.29. The van der Waals surface area contributed by atoms with Crippen molar-refractivity contribution in [2.75, 3.05) is 17.7 Å². The van der Waals surface area contributed by atoms with Crippen LogP contribution < -0.4 is 20.1 Å². The van der Waals surface area contributed by atoms with Gasteiger partial charge in [0.25, 0.3) is 11.8 Å². The van der Waals surface area contributed by atoms with Crippen LogP contribution >= 0.6 is 0 Å². The Morgan fingerprint density at radius 1 is 0.846 bits per heavy atom. The normalized spacial score (nSPS) is 11.0. The Morgan fingerprint density at radius 3 is 2.23 bits per heavy atom. The molecule has 0 saturated carbocycles. The zero-order valence-corrected chi connectivity index (χ0v) is 22.7. The van der Waals surface area contributed by atoms with Crippen molar-refractivity contribution in [3.8, 4) is 11.5 Å². The lowest BCUT2D eigenvalue weighted by atomic mass is 9.86. The molecule has 2 aromatic heterocycles. The molecule has 2 N–H and O–H groups in total. The number of aryl methyl sites for hydroxylation is 1. The van der Waals surface area contributed by atoms with Crippen LogP contribution in [0.4, 0.5) is 11.4 Å². The van der Waals surface area contributed by atoms with Gasteiger partial charge in [-0.25, -0.2) is 0 Å². The lowest BCUT2D eigenvalue weighted by Crippen LogP contribution is -2.18. The first kappa shape index (κ1) is 27.3. The SMILES string of the molecule is COc1ccc(C(C)(C)C)cc1C(=O)Nc1cnc(C)c(C(=O)Nc2ccc(OCc3ccccn3)cc2)c1. The number of benzene rings is 2. The highest BCUT2D eigenvalue weighted by molar-refractivity contribution is 6.08. The number of ether oxygens (including phenoxy) is 2. The third-order valence-electron chi connectivity index (χ3n) is 6.12. The third kappa shape index (κ3) is 6.98. The Balaban J connectivity index is 1.44. The van der Waals surface area contributed by atoms with Crippen LogP contribution in [0.25, 0.3) is 0 Å². The monoisotopic (exact) mass is 524 g/mol. The van der Waals surface area contributed by atoms with Crippen LogP contribution in [-0.4, -0.2) is 28.9 Å². The second-order valence-electron chi connectivity index (χ2n) is 10.1. The fourth-order valence-corrected chi connectivity index (χ4v) is 3.86. The third-order valence-corrected chi connectivity index (χ3v) is 6.12. The van der Waals surface area contributed by atoms with Gasteiger partial charge in [0.05, 0.1) is 41.5 Å². The van der Waals surface area contributed by atoms with Crippen molar-refractivity contribution in [1.82, 2.24) is 9.97 Å². The van der Waals surface area contributed by atoms with Crippen LogP contribution in [0.3, 0.4) is 0 Å². The van der Waals surface area contributed by atoms with E-state index < -0.39 is 0 Å². The summed E-state index contributed by atoms with van der Waals surface area (Å²) in [7, 11) is 1.53. The van der Waals surface area contributed by atoms with Crippen molar-refractivity contribution >= 4 is 23.2 Å². The molecule has 0 aliphatic heterocycles. The van der Waals surface area contributed by atoms with Crippen LogP contribution in [0, 0.1) is 6.92 Å². The minimum absolute atomic E-state index is 0.137. The second kappa shape index (κ2) is 11.8. The topological polar surface area (TPSA) is 102 Å². The van der Waals surface area contributed by atoms with Gasteiger partial charge in [0.15, 0.2) is 0 Å². The van der Waals surface area contributed by atoms with Crippen LogP contribution in [0.15, 0.2) is 79.1 Å². The van der Waals surface area contributed by atoms with Gasteiger partial charge < -0.3 is 20.1 Å². The molecule has 200 valence electrons. The summed E-state index contributed by atoms with van der Waals surface area (Å²) in [4.78, 5) is 34.8. The quantitative estimate of drug-likeness (QED) is 0.286. The standard InChI is InChI=1S/C31H32N4O4/c1-20-26(29(36)34-22-10-12-25(13-11-22)39-19-23-8-6-7-15-32-23)17-24(18-33-20)35-30(37)27-16-21(31(2,3)4)9-14-28(27)38-5/h6-18H,19H2,1-5H3,(H,34,36)(H,35,37). The van der Waals surface area contributed by atoms with Gasteiger partial charge in [0.2, 0.25) is 0 Å². The number of anilines is 2. The molecule has 0 fully saturated rings. The van der Waals surface area contributed by atoms with E-state index in [4.69, 9.17) is 9.47 Å². The Kier molecular flexibility index (Phi) is 8.24. The maximum Gasteiger partial charge on any atom is 0.259 e. The smallest absolute Gasteiger partial charge is 0.259 e. The minimum Gasteiger partial charge on any atom is -0.496 e. The van der Waals surface area contributed by atoms with Gasteiger partial charge in [-0.1, -0.05) is 32.9 Å². The average molecular weight is 525 g/mol. The number of pyridine rings is 2. The van der Waals surface area contributed by atoms with E-state index >= 15 is 0 Å². The first-order valence-electron chi connectivity index (χ1n) is 12.5. The van der Waals surface area contributed by atoms with E-state index in [2.05, 4.69) is 41.4 Å². The van der Waals surface area contributed by atoms with Gasteiger partial charge >= 0.3 is 0 Å². The van der Waals surface area contributed by atoms with Gasteiger partial charge in [-0.15, -0.1) is 0 Å². The molecule has 8 heteroatoms. The summed E-state index contributed by atoms with van der Waals surface area (Å²) in [6, 6.07) is 19.9. The molecule has 39 heavy (non-hydrogen) atoms. The van der Waals surface area contributed by atoms with E-state index in [9.17, 15) is 9.59 Å². The minimum atomic E-state index is -0.351. The Morgan fingerprint density at radius 2 is 1.56 bits per heavy atom. The van der Waals surface area contributed by atoms with Crippen molar-refractivity contribution in [2.24, 2.45) is 0 Å². The van der Waals surface area contributed by atoms with E-state index in [1.165, 1.54) is 13.3 Å². The average Bonchev–Trinajstić information content (AvgIpc) is 2.93. The molecule has 0 saturated heterocycles. The number of aromatic nitrogens is 2. The predicted molar refractivity (Wildman–Crippen MR) is 152 cm³/mol. The lowest BCUT2D eigenvalue weighted by Gasteiger charge is -2.21. The van der Waals surface area contributed by atoms with E-state index in [0.717, 1.165) is 11.3 Å². The predicted octanol–water partition coefficient (Wildman–Crippen LogP) is 6.17. The highest BCUT2D eigenvalue weighted by Gasteiger charge is 2.20. The number of hydrogen-bond acceptors (Lipinski definition) is 6. The summed E-state index contributed by atoms with van der Waals surface area (Å²) in [5.41, 5.74) is 3.98. The van der Waals surface area contributed by atoms with Gasteiger partial charge in [0.1, 0.15) is 18.1 Å². The van der Waals surface area contributed by atoms with E-state index in [1.54, 1.807) is 49.5 Å². The molecule has 0 aliphatic carbocycles. The second-order valence-corrected chi connectivity index (χ2v) is 10.1. The molecular formula is C31H32N4O4. The van der Waals surface area contributed by atoms with Crippen molar-refractivity contribution in [1.29, 1.82) is 0 Å². The summed E-state index contributed by atoms with van der Waals surface area (Å²) >= 11 is 0. The number of rotatable bonds is 8. The zero-order valence-electron chi connectivity index (χ0n) is 22.7. The molecule has 4 aromatic rings. The summed E-state index contributed by atoms with van der Waals surface area (Å²) in [5, 5.41) is 5.72. The highest BCUT2D eigenvalue weighted by atomic mass is 16.5. The van der Waals surface area contributed by atoms with Gasteiger partial charge in [-0.2, -0.15) is 0 Å². The fourth-order valence-electron chi connectivity index (χ4n) is 3.86. The van der Waals surface area contributed by atoms with E-state index in [-0.39, 0.29) is 17.2 Å². The van der Waals surface area contributed by atoms with Crippen molar-refractivity contribution in [3.05, 3.63) is 107 Å². The van der Waals surface area contributed by atoms with Crippen LogP contribution in [-0.2, 0) is 12.0 Å². The molecule has 0 atom stereocenters. The maximum absolute atomic E-state index is 13.2. The molecule has 2 aromatic carbocycles. The van der Waals surface area contributed by atoms with Crippen LogP contribution in [0.5, 0.6) is 11.5 Å². The van der Waals surface area contributed by atoms with Crippen molar-refractivity contribution in [2.45, 2.75) is 39.7 Å². The maximum atomic E-state index is 13.2. The first-order valence-corrected chi connectivity index (χ1v) is 12.5. The van der Waals surface area contributed by atoms with E-state index in [0.29, 0.717) is 46.3 Å². The molecule has 2 heterocycles. The molecule has 0 unspecified atom stereocenters. The summed E-state index contributed by atoms with van der Waals surface area (Å²) < 4.78 is 11.2. The van der Waals surface area contributed by atoms with Gasteiger partial charge in [-0.05, 0) is 72.5 Å². The van der Waals surface area contributed by atoms with Crippen LogP contribution in [0.1, 0.15) is 58.4 Å². The number of nitrogens with zero attached hydrogens (tertiary/aromatic N) is 2. The number of amides is 2. The molecule has 4 rings (SSSR count). The Labute approximate surface area is 228 Å². The molecule has 0 bridgehead atoms. The molecule has 2 amide bonds. The Bertz CT molecular complexity index is 1460. The molecule has 0 radical (unpaired) electrons. The number of carbonyl (C=O) groups excluding carboxylic acids is 2. The summed E-state index contributed by atoms with van der Waals surface area (Å²) in [5.74, 6) is 0.431. The molecule has 8 nitrogen and oxygen atoms in total. The number of carbonyl (C=O) groups is 2. The number of methoxy groups -OCH3 is 1. The molecule has 0 aliphatic rings. The summed E-state index contributed by atoms with van der Waals surface area (Å²) in [6.45, 7) is 8.32. The fraction of sp³-hybridized carbons (Fsp3) is 0.226. The molecular weight excluding hydrogens is 492 g/mol. The Hall–Kier alpha value is -4.72. The van der Waals surface area contributed by atoms with Crippen molar-refractivity contribution in [3.63, 3.8) is 0 Å². The molecule has 0 spiro atoms. The van der Waals surface area contributed by atoms with Gasteiger partial charge in [0, 0.05) is 11.9 Å². The van der Waals surface area contributed by atoms with Crippen molar-refractivity contribution < 1.29 is 19.1 Å². The number of hydrogen-bond donors (Lipinski definition) is 2. The summed E-state index contributed by atoms with van der Waals surface area (Å²) in [6.07, 6.45) is 3.24. The number of nitrogens with one attached hydrogen (secondary N) is 2. The first-order chi connectivity index (χ1) is 18.6. The largest absolute Gasteiger partial charge is 0.496 e. The van der Waals surface area contributed by atoms with E-state index in [1.807, 2.05) is 30.3 Å². The lowest BCUT2D eigenvalue weighted by molar-refractivity contribution is 0.101. The van der Waals surface area contributed by atoms with Gasteiger partial charge in [-0.3, -0.25) is 19.6 Å². The zero-order chi connectivity index (χ0) is 28.0.